The van der Waals surface area contributed by atoms with Gasteiger partial charge in [-0.25, -0.2) is 4.98 Å². The average molecular weight is 499 g/mol. The molecule has 5 rings (SSSR count). The van der Waals surface area contributed by atoms with E-state index in [0.29, 0.717) is 11.7 Å². The number of oxazole rings is 1. The fourth-order valence-electron chi connectivity index (χ4n) is 4.42. The summed E-state index contributed by atoms with van der Waals surface area (Å²) in [6.45, 7) is 11.4. The van der Waals surface area contributed by atoms with E-state index in [1.165, 1.54) is 11.1 Å². The van der Waals surface area contributed by atoms with E-state index in [0.717, 1.165) is 30.0 Å². The van der Waals surface area contributed by atoms with Crippen LogP contribution in [-0.2, 0) is 17.3 Å². The van der Waals surface area contributed by atoms with E-state index < -0.39 is 8.32 Å². The number of nitrogens with zero attached hydrogens (tertiary/aromatic N) is 2. The highest BCUT2D eigenvalue weighted by molar-refractivity contribution is 6.74. The molecule has 0 spiro atoms. The number of hydrogen-bond donors (Lipinski definition) is 0. The number of fused-ring (bicyclic) bond motifs is 1. The lowest BCUT2D eigenvalue weighted by molar-refractivity contribution is 0.0951. The highest BCUT2D eigenvalue weighted by atomic mass is 28.4. The lowest BCUT2D eigenvalue weighted by Gasteiger charge is -2.40. The molecule has 6 heteroatoms. The Bertz CT molecular complexity index is 1310. The Balaban J connectivity index is 1.42. The Kier molecular flexibility index (Phi) is 6.58. The van der Waals surface area contributed by atoms with Crippen LogP contribution in [0.3, 0.4) is 0 Å². The first kappa shape index (κ1) is 24.5. The number of benzene rings is 2. The van der Waals surface area contributed by atoms with Crippen LogP contribution in [0.15, 0.2) is 83.5 Å². The number of pyridine rings is 1. The van der Waals surface area contributed by atoms with Crippen LogP contribution >= 0.6 is 0 Å². The fourth-order valence-corrected chi connectivity index (χ4v) is 5.70. The van der Waals surface area contributed by atoms with Gasteiger partial charge >= 0.3 is 0 Å². The largest absolute Gasteiger partial charge is 0.457 e. The molecular formula is C30H34N2O3Si. The van der Waals surface area contributed by atoms with Gasteiger partial charge in [-0.05, 0) is 78.5 Å². The third kappa shape index (κ3) is 5.15. The normalized spacial score (nSPS) is 16.5. The van der Waals surface area contributed by atoms with Gasteiger partial charge in [-0.2, -0.15) is 0 Å². The third-order valence-electron chi connectivity index (χ3n) is 7.46. The minimum atomic E-state index is -2.09. The molecule has 0 N–H and O–H groups in total. The third-order valence-corrected chi connectivity index (χ3v) is 11.9. The molecule has 0 amide bonds. The van der Waals surface area contributed by atoms with Crippen molar-refractivity contribution in [1.82, 2.24) is 9.97 Å². The van der Waals surface area contributed by atoms with Crippen LogP contribution in [-0.4, -0.2) is 18.3 Å². The van der Waals surface area contributed by atoms with Crippen molar-refractivity contribution in [2.24, 2.45) is 5.92 Å². The summed E-state index contributed by atoms with van der Waals surface area (Å²) in [5.41, 5.74) is 3.41. The Labute approximate surface area is 214 Å². The van der Waals surface area contributed by atoms with Crippen LogP contribution in [0.1, 0.15) is 43.9 Å². The zero-order valence-electron chi connectivity index (χ0n) is 21.7. The van der Waals surface area contributed by atoms with Crippen molar-refractivity contribution in [3.05, 3.63) is 96.1 Å². The van der Waals surface area contributed by atoms with E-state index >= 15 is 0 Å². The van der Waals surface area contributed by atoms with Crippen molar-refractivity contribution in [2.45, 2.75) is 57.8 Å². The molecular weight excluding hydrogens is 464 g/mol. The Morgan fingerprint density at radius 3 is 2.36 bits per heavy atom. The maximum Gasteiger partial charge on any atom is 0.223 e. The smallest absolute Gasteiger partial charge is 0.223 e. The first-order valence-corrected chi connectivity index (χ1v) is 15.5. The number of rotatable bonds is 7. The monoisotopic (exact) mass is 498 g/mol. The Morgan fingerprint density at radius 2 is 1.64 bits per heavy atom. The first-order chi connectivity index (χ1) is 17.2. The molecule has 2 unspecified atom stereocenters. The number of para-hydroxylation sites is 1. The minimum absolute atomic E-state index is 0.0732. The van der Waals surface area contributed by atoms with Crippen LogP contribution in [0.25, 0.3) is 11.5 Å². The van der Waals surface area contributed by atoms with Crippen LogP contribution in [0.2, 0.25) is 18.1 Å². The molecule has 0 saturated heterocycles. The Hall–Kier alpha value is -3.22. The zero-order chi connectivity index (χ0) is 25.3. The van der Waals surface area contributed by atoms with Crippen molar-refractivity contribution in [1.29, 1.82) is 0 Å². The van der Waals surface area contributed by atoms with Gasteiger partial charge in [-0.3, -0.25) is 4.98 Å². The van der Waals surface area contributed by atoms with Gasteiger partial charge in [0, 0.05) is 12.1 Å². The summed E-state index contributed by atoms with van der Waals surface area (Å²) in [5.74, 6) is 3.24. The molecule has 4 aromatic rings. The summed E-state index contributed by atoms with van der Waals surface area (Å²) in [5, 5.41) is 0.0732. The van der Waals surface area contributed by atoms with Crippen LogP contribution in [0, 0.1) is 5.92 Å². The average Bonchev–Trinajstić information content (AvgIpc) is 3.50. The second kappa shape index (κ2) is 9.68. The molecule has 186 valence electrons. The second-order valence-electron chi connectivity index (χ2n) is 11.1. The van der Waals surface area contributed by atoms with Crippen molar-refractivity contribution < 1.29 is 13.6 Å². The molecule has 2 heterocycles. The molecule has 0 radical (unpaired) electrons. The summed E-state index contributed by atoms with van der Waals surface area (Å²) in [6, 6.07) is 22.1. The quantitative estimate of drug-likeness (QED) is 0.242. The highest BCUT2D eigenvalue weighted by Crippen LogP contribution is 2.45. The van der Waals surface area contributed by atoms with Gasteiger partial charge < -0.3 is 13.6 Å². The molecule has 0 saturated carbocycles. The summed E-state index contributed by atoms with van der Waals surface area (Å²) >= 11 is 0. The molecule has 36 heavy (non-hydrogen) atoms. The molecule has 1 aliphatic rings. The van der Waals surface area contributed by atoms with E-state index in [1.807, 2.05) is 48.5 Å². The van der Waals surface area contributed by atoms with Crippen molar-refractivity contribution in [3.8, 4) is 23.0 Å². The first-order valence-electron chi connectivity index (χ1n) is 12.6. The molecule has 0 fully saturated rings. The highest BCUT2D eigenvalue weighted by Gasteiger charge is 2.44. The van der Waals surface area contributed by atoms with Gasteiger partial charge in [0.2, 0.25) is 5.89 Å². The lowest BCUT2D eigenvalue weighted by Crippen LogP contribution is -2.43. The lowest BCUT2D eigenvalue weighted by atomic mass is 9.99. The van der Waals surface area contributed by atoms with E-state index in [9.17, 15) is 0 Å². The van der Waals surface area contributed by atoms with E-state index in [-0.39, 0.29) is 17.1 Å². The molecule has 0 aliphatic heterocycles. The molecule has 0 bridgehead atoms. The van der Waals surface area contributed by atoms with E-state index in [4.69, 9.17) is 18.6 Å². The summed E-state index contributed by atoms with van der Waals surface area (Å²) in [4.78, 5) is 9.14. The van der Waals surface area contributed by atoms with Crippen molar-refractivity contribution in [2.75, 3.05) is 0 Å². The molecule has 2 aromatic carbocycles. The van der Waals surface area contributed by atoms with Crippen LogP contribution < -0.4 is 4.74 Å². The number of aromatic nitrogens is 2. The van der Waals surface area contributed by atoms with E-state index in [1.54, 1.807) is 12.4 Å². The van der Waals surface area contributed by atoms with E-state index in [2.05, 4.69) is 57.0 Å². The summed E-state index contributed by atoms with van der Waals surface area (Å²) in [6.07, 6.45) is 5.12. The fraction of sp³-hybridized carbons (Fsp3) is 0.333. The second-order valence-corrected chi connectivity index (χ2v) is 15.8. The zero-order valence-corrected chi connectivity index (χ0v) is 22.7. The van der Waals surface area contributed by atoms with Crippen LogP contribution in [0.4, 0.5) is 0 Å². The van der Waals surface area contributed by atoms with Gasteiger partial charge in [0.15, 0.2) is 14.1 Å². The van der Waals surface area contributed by atoms with Crippen molar-refractivity contribution in [3.63, 3.8) is 0 Å². The predicted molar refractivity (Wildman–Crippen MR) is 145 cm³/mol. The van der Waals surface area contributed by atoms with Gasteiger partial charge in [-0.1, -0.05) is 51.1 Å². The minimum Gasteiger partial charge on any atom is -0.457 e. The van der Waals surface area contributed by atoms with Gasteiger partial charge in [0.1, 0.15) is 23.3 Å². The predicted octanol–water partition coefficient (Wildman–Crippen LogP) is 8.01. The summed E-state index contributed by atoms with van der Waals surface area (Å²) in [7, 11) is -2.09. The van der Waals surface area contributed by atoms with Gasteiger partial charge in [0.25, 0.3) is 0 Å². The summed E-state index contributed by atoms with van der Waals surface area (Å²) < 4.78 is 19.4. The van der Waals surface area contributed by atoms with Crippen LogP contribution in [0.5, 0.6) is 11.5 Å². The maximum absolute atomic E-state index is 7.01. The maximum atomic E-state index is 7.01. The number of ether oxygens (including phenoxy) is 1. The van der Waals surface area contributed by atoms with Crippen molar-refractivity contribution >= 4 is 8.32 Å². The number of hydrogen-bond acceptors (Lipinski definition) is 5. The molecule has 2 atom stereocenters. The SMILES string of the molecule is CC(C)(C)[Si](C)(C)OC(c1ncc(-c2ccccn2)o1)C1Cc2ccc(Oc3ccccc3)cc2C1. The Morgan fingerprint density at radius 1 is 0.889 bits per heavy atom. The standard InChI is InChI=1S/C30H34N2O3Si/c1-30(2,3)36(4,5)35-28(29-32-20-27(34-29)26-13-9-10-16-31-26)23-17-21-14-15-25(19-22(21)18-23)33-24-11-7-6-8-12-24/h6-16,19-20,23,28H,17-18H2,1-5H3. The molecule has 2 aromatic heterocycles. The van der Waals surface area contributed by atoms with Gasteiger partial charge in [0.05, 0.1) is 6.20 Å². The molecule has 1 aliphatic carbocycles. The molecule has 5 nitrogen and oxygen atoms in total. The van der Waals surface area contributed by atoms with Gasteiger partial charge in [-0.15, -0.1) is 0 Å². The topological polar surface area (TPSA) is 57.4 Å².